The Hall–Kier alpha value is -1.81. The number of phenols is 1. The Morgan fingerprint density at radius 3 is 3.17 bits per heavy atom. The highest BCUT2D eigenvalue weighted by Gasteiger charge is 2.65. The molecule has 2 bridgehead atoms. The van der Waals surface area contributed by atoms with Gasteiger partial charge in [0, 0.05) is 30.0 Å². The fourth-order valence-electron chi connectivity index (χ4n) is 5.80. The van der Waals surface area contributed by atoms with Crippen LogP contribution in [0.4, 0.5) is 0 Å². The summed E-state index contributed by atoms with van der Waals surface area (Å²) in [6, 6.07) is 4.20. The molecule has 1 aromatic carbocycles. The molecule has 4 heteroatoms. The molecular formula is C19H21NO3. The summed E-state index contributed by atoms with van der Waals surface area (Å²) >= 11 is 0. The van der Waals surface area contributed by atoms with Gasteiger partial charge in [-0.05, 0) is 43.4 Å². The summed E-state index contributed by atoms with van der Waals surface area (Å²) in [4.78, 5) is 15.1. The highest BCUT2D eigenvalue weighted by atomic mass is 16.5. The van der Waals surface area contributed by atoms with Crippen LogP contribution in [0.15, 0.2) is 24.8 Å². The minimum absolute atomic E-state index is 0.186. The van der Waals surface area contributed by atoms with Gasteiger partial charge < -0.3 is 9.84 Å². The topological polar surface area (TPSA) is 49.8 Å². The van der Waals surface area contributed by atoms with E-state index in [1.807, 2.05) is 12.1 Å². The summed E-state index contributed by atoms with van der Waals surface area (Å²) in [6.07, 6.45) is 5.03. The van der Waals surface area contributed by atoms with E-state index in [0.29, 0.717) is 24.1 Å². The predicted octanol–water partition coefficient (Wildman–Crippen LogP) is 2.19. The molecule has 0 aromatic heterocycles. The van der Waals surface area contributed by atoms with Gasteiger partial charge in [0.2, 0.25) is 0 Å². The summed E-state index contributed by atoms with van der Waals surface area (Å²) < 4.78 is 6.08. The monoisotopic (exact) mass is 311 g/mol. The third-order valence-corrected chi connectivity index (χ3v) is 6.59. The number of nitrogens with zero attached hydrogens (tertiary/aromatic N) is 1. The summed E-state index contributed by atoms with van der Waals surface area (Å²) in [5.74, 6) is 1.42. The standard InChI is InChI=1S/C19H21NO3/c1-2-8-20-9-7-19-12-4-6-15(22)18(19)23-17-14(21)5-3-11(16(17)19)10-13(12)20/h2-3,5,12-13,18,21H,1,4,6-10H2/t12-,13+,18?,19-/m0/s1. The van der Waals surface area contributed by atoms with Crippen molar-refractivity contribution in [3.05, 3.63) is 35.9 Å². The van der Waals surface area contributed by atoms with Gasteiger partial charge in [-0.3, -0.25) is 9.69 Å². The first-order valence-electron chi connectivity index (χ1n) is 8.56. The van der Waals surface area contributed by atoms with E-state index in [-0.39, 0.29) is 16.9 Å². The molecule has 5 rings (SSSR count). The molecular weight excluding hydrogens is 290 g/mol. The van der Waals surface area contributed by atoms with Crippen LogP contribution in [0.2, 0.25) is 0 Å². The van der Waals surface area contributed by atoms with Gasteiger partial charge in [-0.25, -0.2) is 0 Å². The summed E-state index contributed by atoms with van der Waals surface area (Å²) in [5.41, 5.74) is 2.19. The number of benzene rings is 1. The van der Waals surface area contributed by atoms with E-state index in [0.717, 1.165) is 37.9 Å². The van der Waals surface area contributed by atoms with Crippen molar-refractivity contribution in [3.63, 3.8) is 0 Å². The zero-order valence-corrected chi connectivity index (χ0v) is 13.1. The fourth-order valence-corrected chi connectivity index (χ4v) is 5.80. The second-order valence-electron chi connectivity index (χ2n) is 7.40. The molecule has 120 valence electrons. The van der Waals surface area contributed by atoms with E-state index in [1.54, 1.807) is 6.07 Å². The maximum atomic E-state index is 12.6. The van der Waals surface area contributed by atoms with Gasteiger partial charge in [-0.2, -0.15) is 0 Å². The minimum atomic E-state index is -0.392. The summed E-state index contributed by atoms with van der Waals surface area (Å²) in [7, 11) is 0. The molecule has 1 aromatic rings. The van der Waals surface area contributed by atoms with E-state index < -0.39 is 6.10 Å². The lowest BCUT2D eigenvalue weighted by atomic mass is 9.51. The van der Waals surface area contributed by atoms with Crippen molar-refractivity contribution in [1.29, 1.82) is 0 Å². The number of phenolic OH excluding ortho intramolecular Hbond substituents is 1. The van der Waals surface area contributed by atoms with Crippen molar-refractivity contribution < 1.29 is 14.6 Å². The SMILES string of the molecule is C=CCN1CC[C@]23c4c5ccc(O)c4OC2C(=O)CC[C@H]3[C@H]1C5. The molecule has 4 nitrogen and oxygen atoms in total. The number of likely N-dealkylation sites (tertiary alicyclic amines) is 1. The van der Waals surface area contributed by atoms with Crippen LogP contribution in [-0.2, 0) is 16.6 Å². The number of aromatic hydroxyl groups is 1. The van der Waals surface area contributed by atoms with Crippen LogP contribution in [-0.4, -0.2) is 41.0 Å². The lowest BCUT2D eigenvalue weighted by Gasteiger charge is -2.57. The van der Waals surface area contributed by atoms with Crippen LogP contribution in [0.3, 0.4) is 0 Å². The largest absolute Gasteiger partial charge is 0.504 e. The molecule has 1 saturated carbocycles. The van der Waals surface area contributed by atoms with Crippen molar-refractivity contribution in [3.8, 4) is 11.5 Å². The lowest BCUT2D eigenvalue weighted by Crippen LogP contribution is -2.66. The molecule has 4 atom stereocenters. The number of piperidine rings is 1. The zero-order chi connectivity index (χ0) is 15.8. The van der Waals surface area contributed by atoms with Gasteiger partial charge in [0.15, 0.2) is 23.4 Å². The summed E-state index contributed by atoms with van der Waals surface area (Å²) in [5, 5.41) is 10.3. The first kappa shape index (κ1) is 13.6. The van der Waals surface area contributed by atoms with Crippen molar-refractivity contribution in [2.24, 2.45) is 5.92 Å². The quantitative estimate of drug-likeness (QED) is 0.851. The molecule has 1 saturated heterocycles. The molecule has 0 amide bonds. The van der Waals surface area contributed by atoms with Gasteiger partial charge in [-0.1, -0.05) is 12.1 Å². The molecule has 1 N–H and O–H groups in total. The number of carbonyl (C=O) groups is 1. The highest BCUT2D eigenvalue weighted by molar-refractivity contribution is 5.89. The Balaban J connectivity index is 1.75. The van der Waals surface area contributed by atoms with E-state index in [4.69, 9.17) is 4.74 Å². The smallest absolute Gasteiger partial charge is 0.174 e. The first-order chi connectivity index (χ1) is 11.2. The Labute approximate surface area is 135 Å². The van der Waals surface area contributed by atoms with Crippen LogP contribution < -0.4 is 4.74 Å². The van der Waals surface area contributed by atoms with Crippen molar-refractivity contribution >= 4 is 5.78 Å². The average Bonchev–Trinajstić information content (AvgIpc) is 2.89. The molecule has 2 fully saturated rings. The van der Waals surface area contributed by atoms with Crippen LogP contribution in [0.5, 0.6) is 11.5 Å². The van der Waals surface area contributed by atoms with E-state index in [2.05, 4.69) is 11.5 Å². The van der Waals surface area contributed by atoms with Gasteiger partial charge >= 0.3 is 0 Å². The maximum absolute atomic E-state index is 12.6. The number of hydrogen-bond acceptors (Lipinski definition) is 4. The number of rotatable bonds is 2. The fraction of sp³-hybridized carbons (Fsp3) is 0.526. The third-order valence-electron chi connectivity index (χ3n) is 6.59. The predicted molar refractivity (Wildman–Crippen MR) is 85.8 cm³/mol. The normalized spacial score (nSPS) is 37.2. The number of ether oxygens (including phenoxy) is 1. The average molecular weight is 311 g/mol. The van der Waals surface area contributed by atoms with Crippen LogP contribution in [0.25, 0.3) is 0 Å². The van der Waals surface area contributed by atoms with Crippen LogP contribution in [0.1, 0.15) is 30.4 Å². The maximum Gasteiger partial charge on any atom is 0.174 e. The molecule has 1 spiro atoms. The van der Waals surface area contributed by atoms with Crippen molar-refractivity contribution in [1.82, 2.24) is 4.90 Å². The summed E-state index contributed by atoms with van der Waals surface area (Å²) in [6.45, 7) is 5.77. The van der Waals surface area contributed by atoms with E-state index in [9.17, 15) is 9.90 Å². The second-order valence-corrected chi connectivity index (χ2v) is 7.40. The number of carbonyl (C=O) groups excluding carboxylic acids is 1. The number of ketones is 1. The van der Waals surface area contributed by atoms with Crippen molar-refractivity contribution in [2.45, 2.75) is 43.2 Å². The number of Topliss-reactive ketones (excluding diaryl/α,β-unsaturated/α-hetero) is 1. The number of hydrogen-bond donors (Lipinski definition) is 1. The van der Waals surface area contributed by atoms with Crippen molar-refractivity contribution in [2.75, 3.05) is 13.1 Å². The van der Waals surface area contributed by atoms with Gasteiger partial charge in [-0.15, -0.1) is 6.58 Å². The van der Waals surface area contributed by atoms with Crippen LogP contribution in [0, 0.1) is 5.92 Å². The van der Waals surface area contributed by atoms with Gasteiger partial charge in [0.05, 0.1) is 0 Å². The van der Waals surface area contributed by atoms with E-state index in [1.165, 1.54) is 5.56 Å². The van der Waals surface area contributed by atoms with E-state index >= 15 is 0 Å². The Morgan fingerprint density at radius 2 is 2.35 bits per heavy atom. The molecule has 1 unspecified atom stereocenters. The molecule has 23 heavy (non-hydrogen) atoms. The van der Waals surface area contributed by atoms with Crippen LogP contribution >= 0.6 is 0 Å². The molecule has 2 aliphatic carbocycles. The molecule has 2 heterocycles. The lowest BCUT2D eigenvalue weighted by molar-refractivity contribution is -0.138. The van der Waals surface area contributed by atoms with Gasteiger partial charge in [0.1, 0.15) is 0 Å². The molecule has 2 aliphatic heterocycles. The first-order valence-corrected chi connectivity index (χ1v) is 8.56. The minimum Gasteiger partial charge on any atom is -0.504 e. The Kier molecular flexibility index (Phi) is 2.59. The Morgan fingerprint density at radius 1 is 1.48 bits per heavy atom. The highest BCUT2D eigenvalue weighted by Crippen LogP contribution is 2.63. The molecule has 4 aliphatic rings. The molecule has 0 radical (unpaired) electrons. The zero-order valence-electron chi connectivity index (χ0n) is 13.1. The second kappa shape index (κ2) is 4.38. The third kappa shape index (κ3) is 1.48. The van der Waals surface area contributed by atoms with Gasteiger partial charge in [0.25, 0.3) is 0 Å². The Bertz CT molecular complexity index is 728.